The highest BCUT2D eigenvalue weighted by atomic mass is 16.6. The molecule has 2 fully saturated rings. The number of likely N-dealkylation sites (tertiary alicyclic amines) is 1. The molecule has 0 unspecified atom stereocenters. The monoisotopic (exact) mass is 372 g/mol. The second-order valence-corrected chi connectivity index (χ2v) is 7.19. The molecule has 8 heteroatoms. The molecule has 1 heterocycles. The number of nitrogens with one attached hydrogen (secondary N) is 1. The summed E-state index contributed by atoms with van der Waals surface area (Å²) in [6.45, 7) is 1.51. The van der Waals surface area contributed by atoms with Crippen molar-refractivity contribution in [3.8, 4) is 11.8 Å². The fourth-order valence-corrected chi connectivity index (χ4v) is 3.82. The molecule has 3 atom stereocenters. The first kappa shape index (κ1) is 19.1. The van der Waals surface area contributed by atoms with Gasteiger partial charge in [0.05, 0.1) is 24.1 Å². The van der Waals surface area contributed by atoms with E-state index in [2.05, 4.69) is 11.4 Å². The van der Waals surface area contributed by atoms with Gasteiger partial charge in [0.1, 0.15) is 11.8 Å². The third-order valence-corrected chi connectivity index (χ3v) is 5.34. The summed E-state index contributed by atoms with van der Waals surface area (Å²) in [5.74, 6) is 1.03. The molecule has 0 bridgehead atoms. The summed E-state index contributed by atoms with van der Waals surface area (Å²) < 4.78 is 5.75. The second kappa shape index (κ2) is 8.82. The van der Waals surface area contributed by atoms with Gasteiger partial charge in [0, 0.05) is 24.7 Å². The minimum Gasteiger partial charge on any atom is -0.493 e. The number of nitriles is 1. The first-order valence-electron chi connectivity index (χ1n) is 9.36. The number of nitrogens with zero attached hydrogens (tertiary/aromatic N) is 3. The third kappa shape index (κ3) is 4.95. The minimum absolute atomic E-state index is 0.00429. The van der Waals surface area contributed by atoms with Gasteiger partial charge in [-0.05, 0) is 50.2 Å². The summed E-state index contributed by atoms with van der Waals surface area (Å²) in [5, 5.41) is 23.1. The van der Waals surface area contributed by atoms with Crippen molar-refractivity contribution in [1.82, 2.24) is 10.2 Å². The maximum absolute atomic E-state index is 12.3. The van der Waals surface area contributed by atoms with Gasteiger partial charge in [0.25, 0.3) is 5.69 Å². The van der Waals surface area contributed by atoms with Crippen LogP contribution in [0.15, 0.2) is 24.3 Å². The predicted molar refractivity (Wildman–Crippen MR) is 98.1 cm³/mol. The van der Waals surface area contributed by atoms with Crippen LogP contribution in [0.2, 0.25) is 0 Å². The zero-order valence-electron chi connectivity index (χ0n) is 15.2. The molecular formula is C19H24N4O4. The van der Waals surface area contributed by atoms with Crippen molar-refractivity contribution >= 4 is 11.6 Å². The summed E-state index contributed by atoms with van der Waals surface area (Å²) in [5.41, 5.74) is 0.0498. The van der Waals surface area contributed by atoms with Gasteiger partial charge in [-0.1, -0.05) is 0 Å². The SMILES string of the molecule is N#C[C@@H]1CCCN1C(=O)CN[C@@H]1CC[C@H](COc2ccc([N+](=O)[O-])cc2)C1. The van der Waals surface area contributed by atoms with E-state index in [4.69, 9.17) is 10.00 Å². The number of ether oxygens (including phenoxy) is 1. The molecule has 1 aromatic rings. The second-order valence-electron chi connectivity index (χ2n) is 7.19. The number of carbonyl (C=O) groups excluding carboxylic acids is 1. The molecule has 0 aromatic heterocycles. The Labute approximate surface area is 158 Å². The Balaban J connectivity index is 1.38. The molecule has 144 valence electrons. The van der Waals surface area contributed by atoms with E-state index in [0.717, 1.165) is 32.1 Å². The lowest BCUT2D eigenvalue weighted by molar-refractivity contribution is -0.384. The molecular weight excluding hydrogens is 348 g/mol. The van der Waals surface area contributed by atoms with Gasteiger partial charge >= 0.3 is 0 Å². The van der Waals surface area contributed by atoms with Crippen molar-refractivity contribution in [1.29, 1.82) is 5.26 Å². The van der Waals surface area contributed by atoms with E-state index in [1.807, 2.05) is 0 Å². The summed E-state index contributed by atoms with van der Waals surface area (Å²) in [6.07, 6.45) is 4.61. The van der Waals surface area contributed by atoms with E-state index in [1.165, 1.54) is 12.1 Å². The maximum Gasteiger partial charge on any atom is 0.269 e. The summed E-state index contributed by atoms with van der Waals surface area (Å²) in [4.78, 5) is 24.2. The van der Waals surface area contributed by atoms with E-state index in [0.29, 0.717) is 24.8 Å². The smallest absolute Gasteiger partial charge is 0.269 e. The summed E-state index contributed by atoms with van der Waals surface area (Å²) in [7, 11) is 0. The molecule has 27 heavy (non-hydrogen) atoms. The van der Waals surface area contributed by atoms with E-state index in [1.54, 1.807) is 17.0 Å². The zero-order chi connectivity index (χ0) is 19.2. The van der Waals surface area contributed by atoms with Crippen LogP contribution in [0.1, 0.15) is 32.1 Å². The molecule has 1 saturated heterocycles. The normalized spacial score (nSPS) is 24.6. The van der Waals surface area contributed by atoms with Crippen LogP contribution >= 0.6 is 0 Å². The van der Waals surface area contributed by atoms with Gasteiger partial charge in [0.15, 0.2) is 0 Å². The van der Waals surface area contributed by atoms with Crippen LogP contribution in [0.4, 0.5) is 5.69 Å². The Morgan fingerprint density at radius 1 is 1.33 bits per heavy atom. The van der Waals surface area contributed by atoms with Gasteiger partial charge in [0.2, 0.25) is 5.91 Å². The molecule has 1 aliphatic carbocycles. The van der Waals surface area contributed by atoms with Crippen LogP contribution in [0.25, 0.3) is 0 Å². The number of rotatable bonds is 7. The van der Waals surface area contributed by atoms with Crippen LogP contribution in [0, 0.1) is 27.4 Å². The number of hydrogen-bond donors (Lipinski definition) is 1. The first-order chi connectivity index (χ1) is 13.1. The van der Waals surface area contributed by atoms with E-state index < -0.39 is 4.92 Å². The number of nitro groups is 1. The lowest BCUT2D eigenvalue weighted by Gasteiger charge is -2.21. The molecule has 1 N–H and O–H groups in total. The van der Waals surface area contributed by atoms with Crippen LogP contribution < -0.4 is 10.1 Å². The predicted octanol–water partition coefficient (Wildman–Crippen LogP) is 2.25. The molecule has 2 aliphatic rings. The van der Waals surface area contributed by atoms with Crippen LogP contribution in [-0.2, 0) is 4.79 Å². The van der Waals surface area contributed by atoms with Crippen molar-refractivity contribution in [2.75, 3.05) is 19.7 Å². The Hall–Kier alpha value is -2.66. The van der Waals surface area contributed by atoms with E-state index in [-0.39, 0.29) is 30.2 Å². The van der Waals surface area contributed by atoms with Gasteiger partial charge in [-0.25, -0.2) is 0 Å². The topological polar surface area (TPSA) is 108 Å². The standard InChI is InChI=1S/C19H24N4O4/c20-11-17-2-1-9-22(17)19(24)12-21-15-4-3-14(10-15)13-27-18-7-5-16(6-8-18)23(25)26/h5-8,14-15,17,21H,1-4,9-10,12-13H2/t14-,15+,17-/m0/s1. The molecule has 3 rings (SSSR count). The van der Waals surface area contributed by atoms with Crippen molar-refractivity contribution in [2.24, 2.45) is 5.92 Å². The quantitative estimate of drug-likeness (QED) is 0.581. The van der Waals surface area contributed by atoms with Crippen LogP contribution in [-0.4, -0.2) is 47.5 Å². The highest BCUT2D eigenvalue weighted by Crippen LogP contribution is 2.27. The summed E-state index contributed by atoms with van der Waals surface area (Å²) in [6, 6.07) is 8.31. The Bertz CT molecular complexity index is 715. The number of carbonyl (C=O) groups is 1. The summed E-state index contributed by atoms with van der Waals surface area (Å²) >= 11 is 0. The number of amides is 1. The highest BCUT2D eigenvalue weighted by molar-refractivity contribution is 5.79. The average molecular weight is 372 g/mol. The molecule has 1 aliphatic heterocycles. The largest absolute Gasteiger partial charge is 0.493 e. The maximum atomic E-state index is 12.3. The van der Waals surface area contributed by atoms with Gasteiger partial charge in [-0.2, -0.15) is 5.26 Å². The lowest BCUT2D eigenvalue weighted by Crippen LogP contribution is -2.42. The molecule has 1 aromatic carbocycles. The molecule has 0 radical (unpaired) electrons. The number of hydrogen-bond acceptors (Lipinski definition) is 6. The lowest BCUT2D eigenvalue weighted by atomic mass is 10.1. The van der Waals surface area contributed by atoms with E-state index >= 15 is 0 Å². The van der Waals surface area contributed by atoms with Crippen molar-refractivity contribution in [3.63, 3.8) is 0 Å². The Morgan fingerprint density at radius 3 is 2.81 bits per heavy atom. The zero-order valence-corrected chi connectivity index (χ0v) is 15.2. The van der Waals surface area contributed by atoms with Crippen LogP contribution in [0.5, 0.6) is 5.75 Å². The third-order valence-electron chi connectivity index (χ3n) is 5.34. The first-order valence-corrected chi connectivity index (χ1v) is 9.36. The highest BCUT2D eigenvalue weighted by Gasteiger charge is 2.30. The fraction of sp³-hybridized carbons (Fsp3) is 0.579. The molecule has 8 nitrogen and oxygen atoms in total. The van der Waals surface area contributed by atoms with Gasteiger partial charge in [-0.15, -0.1) is 0 Å². The van der Waals surface area contributed by atoms with Gasteiger partial charge < -0.3 is 15.0 Å². The minimum atomic E-state index is -0.431. The van der Waals surface area contributed by atoms with Crippen molar-refractivity contribution < 1.29 is 14.5 Å². The number of benzene rings is 1. The van der Waals surface area contributed by atoms with Crippen molar-refractivity contribution in [3.05, 3.63) is 34.4 Å². The average Bonchev–Trinajstić information content (AvgIpc) is 3.34. The molecule has 0 spiro atoms. The number of nitro benzene ring substituents is 1. The Kier molecular flexibility index (Phi) is 6.24. The van der Waals surface area contributed by atoms with Crippen LogP contribution in [0.3, 0.4) is 0 Å². The molecule has 1 saturated carbocycles. The Morgan fingerprint density at radius 2 is 2.11 bits per heavy atom. The van der Waals surface area contributed by atoms with Gasteiger partial charge in [-0.3, -0.25) is 14.9 Å². The fourth-order valence-electron chi connectivity index (χ4n) is 3.82. The van der Waals surface area contributed by atoms with Crippen molar-refractivity contribution in [2.45, 2.75) is 44.2 Å². The number of non-ortho nitro benzene ring substituents is 1. The van der Waals surface area contributed by atoms with E-state index in [9.17, 15) is 14.9 Å². The molecule has 1 amide bonds.